The van der Waals surface area contributed by atoms with E-state index in [1.54, 1.807) is 0 Å². The van der Waals surface area contributed by atoms with Gasteiger partial charge in [-0.1, -0.05) is 55.7 Å². The number of thioether (sulfide) groups is 1. The summed E-state index contributed by atoms with van der Waals surface area (Å²) < 4.78 is 6.12. The van der Waals surface area contributed by atoms with Gasteiger partial charge in [-0.25, -0.2) is 0 Å². The molecular formula is C24H25NO2S. The third-order valence-electron chi connectivity index (χ3n) is 6.04. The zero-order valence-electron chi connectivity index (χ0n) is 16.0. The van der Waals surface area contributed by atoms with Crippen LogP contribution in [-0.2, 0) is 12.2 Å². The number of rotatable bonds is 4. The highest BCUT2D eigenvalue weighted by Gasteiger charge is 2.30. The Morgan fingerprint density at radius 3 is 2.71 bits per heavy atom. The van der Waals surface area contributed by atoms with Crippen LogP contribution in [0.15, 0.2) is 52.9 Å². The molecule has 0 bridgehead atoms. The molecule has 5 rings (SSSR count). The zero-order chi connectivity index (χ0) is 18.9. The summed E-state index contributed by atoms with van der Waals surface area (Å²) in [6.45, 7) is 0.727. The number of hydrogen-bond acceptors (Lipinski definition) is 3. The summed E-state index contributed by atoms with van der Waals surface area (Å²) >= 11 is 2.00. The van der Waals surface area contributed by atoms with Crippen molar-refractivity contribution in [2.45, 2.75) is 49.5 Å². The van der Waals surface area contributed by atoms with Crippen molar-refractivity contribution in [1.29, 1.82) is 0 Å². The summed E-state index contributed by atoms with van der Waals surface area (Å²) in [4.78, 5) is 15.4. The van der Waals surface area contributed by atoms with Crippen molar-refractivity contribution in [2.24, 2.45) is 0 Å². The number of hydrogen-bond donors (Lipinski definition) is 0. The first kappa shape index (κ1) is 17.9. The molecule has 1 aliphatic carbocycles. The SMILES string of the molecule is O=C(c1oc2ccccc2c1CSC1CCCCC1)N1CCc2ccccc21. The van der Waals surface area contributed by atoms with Gasteiger partial charge in [0.15, 0.2) is 5.76 Å². The van der Waals surface area contributed by atoms with Crippen molar-refractivity contribution in [1.82, 2.24) is 0 Å². The molecule has 1 saturated carbocycles. The van der Waals surface area contributed by atoms with Crippen molar-refractivity contribution in [3.05, 3.63) is 65.4 Å². The van der Waals surface area contributed by atoms with Crippen molar-refractivity contribution >= 4 is 34.3 Å². The average molecular weight is 392 g/mol. The number of nitrogens with zero attached hydrogens (tertiary/aromatic N) is 1. The zero-order valence-corrected chi connectivity index (χ0v) is 16.8. The van der Waals surface area contributed by atoms with E-state index in [-0.39, 0.29) is 5.91 Å². The highest BCUT2D eigenvalue weighted by Crippen LogP contribution is 2.37. The van der Waals surface area contributed by atoms with E-state index in [1.165, 1.54) is 37.7 Å². The Morgan fingerprint density at radius 2 is 1.82 bits per heavy atom. The molecule has 1 amide bonds. The van der Waals surface area contributed by atoms with Gasteiger partial charge in [0.2, 0.25) is 0 Å². The van der Waals surface area contributed by atoms with Crippen LogP contribution in [0.5, 0.6) is 0 Å². The van der Waals surface area contributed by atoms with Gasteiger partial charge >= 0.3 is 0 Å². The van der Waals surface area contributed by atoms with E-state index in [1.807, 2.05) is 53.1 Å². The van der Waals surface area contributed by atoms with Crippen LogP contribution in [0, 0.1) is 0 Å². The molecule has 144 valence electrons. The van der Waals surface area contributed by atoms with E-state index in [9.17, 15) is 4.79 Å². The lowest BCUT2D eigenvalue weighted by Gasteiger charge is -2.21. The molecule has 2 aromatic carbocycles. The molecule has 0 unspecified atom stereocenters. The average Bonchev–Trinajstić information content (AvgIpc) is 3.34. The Balaban J connectivity index is 1.47. The maximum Gasteiger partial charge on any atom is 0.294 e. The maximum atomic E-state index is 13.5. The molecule has 2 aliphatic rings. The van der Waals surface area contributed by atoms with Crippen LogP contribution in [0.2, 0.25) is 0 Å². The van der Waals surface area contributed by atoms with E-state index in [0.29, 0.717) is 11.0 Å². The number of fused-ring (bicyclic) bond motifs is 2. The molecule has 0 saturated heterocycles. The van der Waals surface area contributed by atoms with Gasteiger partial charge in [0.05, 0.1) is 0 Å². The highest BCUT2D eigenvalue weighted by molar-refractivity contribution is 7.99. The number of benzene rings is 2. The molecule has 3 nitrogen and oxygen atoms in total. The highest BCUT2D eigenvalue weighted by atomic mass is 32.2. The van der Waals surface area contributed by atoms with Gasteiger partial charge < -0.3 is 9.32 Å². The monoisotopic (exact) mass is 391 g/mol. The molecule has 1 aliphatic heterocycles. The number of para-hydroxylation sites is 2. The van der Waals surface area contributed by atoms with E-state index in [4.69, 9.17) is 4.42 Å². The summed E-state index contributed by atoms with van der Waals surface area (Å²) in [5.74, 6) is 1.37. The molecule has 0 spiro atoms. The molecule has 1 fully saturated rings. The molecular weight excluding hydrogens is 366 g/mol. The van der Waals surface area contributed by atoms with E-state index < -0.39 is 0 Å². The number of carbonyl (C=O) groups is 1. The van der Waals surface area contributed by atoms with Crippen LogP contribution < -0.4 is 4.90 Å². The van der Waals surface area contributed by atoms with Crippen LogP contribution in [0.4, 0.5) is 5.69 Å². The van der Waals surface area contributed by atoms with Gasteiger partial charge in [-0.3, -0.25) is 4.79 Å². The minimum atomic E-state index is 0.000365. The van der Waals surface area contributed by atoms with Crippen LogP contribution in [-0.4, -0.2) is 17.7 Å². The minimum absolute atomic E-state index is 0.000365. The summed E-state index contributed by atoms with van der Waals surface area (Å²) in [6, 6.07) is 16.3. The lowest BCUT2D eigenvalue weighted by atomic mass is 10.0. The Bertz CT molecular complexity index is 1000. The molecule has 1 aromatic heterocycles. The van der Waals surface area contributed by atoms with Crippen LogP contribution >= 0.6 is 11.8 Å². The Morgan fingerprint density at radius 1 is 1.04 bits per heavy atom. The van der Waals surface area contributed by atoms with Gasteiger partial charge in [-0.15, -0.1) is 0 Å². The second-order valence-electron chi connectivity index (χ2n) is 7.81. The fraction of sp³-hybridized carbons (Fsp3) is 0.375. The van der Waals surface area contributed by atoms with Gasteiger partial charge in [-0.05, 0) is 37.0 Å². The van der Waals surface area contributed by atoms with E-state index in [2.05, 4.69) is 12.1 Å². The summed E-state index contributed by atoms with van der Waals surface area (Å²) in [6.07, 6.45) is 7.53. The summed E-state index contributed by atoms with van der Waals surface area (Å²) in [5.41, 5.74) is 4.15. The topological polar surface area (TPSA) is 33.5 Å². The molecule has 2 heterocycles. The van der Waals surface area contributed by atoms with Crippen LogP contribution in [0.3, 0.4) is 0 Å². The quantitative estimate of drug-likeness (QED) is 0.531. The molecule has 3 aromatic rings. The first-order valence-electron chi connectivity index (χ1n) is 10.3. The first-order valence-corrected chi connectivity index (χ1v) is 11.4. The maximum absolute atomic E-state index is 13.5. The van der Waals surface area contributed by atoms with Crippen molar-refractivity contribution in [2.75, 3.05) is 11.4 Å². The van der Waals surface area contributed by atoms with Crippen molar-refractivity contribution in [3.8, 4) is 0 Å². The standard InChI is InChI=1S/C24H25NO2S/c26-24(25-15-14-17-8-4-6-12-21(17)25)23-20(16-28-18-9-2-1-3-10-18)19-11-5-7-13-22(19)27-23/h4-8,11-13,18H,1-3,9-10,14-16H2. The Labute approximate surface area is 170 Å². The van der Waals surface area contributed by atoms with E-state index in [0.717, 1.165) is 40.9 Å². The van der Waals surface area contributed by atoms with Gasteiger partial charge in [-0.2, -0.15) is 11.8 Å². The smallest absolute Gasteiger partial charge is 0.294 e. The van der Waals surface area contributed by atoms with Crippen LogP contribution in [0.1, 0.15) is 53.8 Å². The fourth-order valence-electron chi connectivity index (χ4n) is 4.52. The van der Waals surface area contributed by atoms with Gasteiger partial charge in [0.25, 0.3) is 5.91 Å². The van der Waals surface area contributed by atoms with Gasteiger partial charge in [0, 0.05) is 34.2 Å². The predicted molar refractivity (Wildman–Crippen MR) is 116 cm³/mol. The largest absolute Gasteiger partial charge is 0.451 e. The molecule has 0 atom stereocenters. The molecule has 0 N–H and O–H groups in total. The minimum Gasteiger partial charge on any atom is -0.451 e. The number of furan rings is 1. The Kier molecular flexibility index (Phi) is 4.89. The van der Waals surface area contributed by atoms with Crippen molar-refractivity contribution in [3.63, 3.8) is 0 Å². The lowest BCUT2D eigenvalue weighted by molar-refractivity contribution is 0.0964. The third-order valence-corrected chi connectivity index (χ3v) is 7.44. The Hall–Kier alpha value is -2.20. The second-order valence-corrected chi connectivity index (χ2v) is 9.10. The summed E-state index contributed by atoms with van der Waals surface area (Å²) in [5, 5.41) is 1.79. The molecule has 4 heteroatoms. The predicted octanol–water partition coefficient (Wildman–Crippen LogP) is 6.20. The van der Waals surface area contributed by atoms with Crippen molar-refractivity contribution < 1.29 is 9.21 Å². The van der Waals surface area contributed by atoms with E-state index >= 15 is 0 Å². The van der Waals surface area contributed by atoms with Crippen LogP contribution in [0.25, 0.3) is 11.0 Å². The summed E-state index contributed by atoms with van der Waals surface area (Å²) in [7, 11) is 0. The lowest BCUT2D eigenvalue weighted by Crippen LogP contribution is -2.29. The molecule has 28 heavy (non-hydrogen) atoms. The van der Waals surface area contributed by atoms with Gasteiger partial charge in [0.1, 0.15) is 5.58 Å². The molecule has 0 radical (unpaired) electrons. The third kappa shape index (κ3) is 3.24. The fourth-order valence-corrected chi connectivity index (χ4v) is 5.88. The normalized spacial score (nSPS) is 17.2. The number of anilines is 1. The number of carbonyl (C=O) groups excluding carboxylic acids is 1. The number of amides is 1. The second kappa shape index (κ2) is 7.67. The first-order chi connectivity index (χ1) is 13.8.